The molecule has 8 heteroatoms. The van der Waals surface area contributed by atoms with Crippen molar-refractivity contribution in [1.82, 2.24) is 0 Å². The third-order valence-corrected chi connectivity index (χ3v) is 3.34. The van der Waals surface area contributed by atoms with Crippen LogP contribution in [0.25, 0.3) is 0 Å². The Hall–Kier alpha value is -1.92. The summed E-state index contributed by atoms with van der Waals surface area (Å²) in [5, 5.41) is 3.35. The van der Waals surface area contributed by atoms with Crippen molar-refractivity contribution >= 4 is 40.8 Å². The highest BCUT2D eigenvalue weighted by Crippen LogP contribution is 2.34. The second-order valence-corrected chi connectivity index (χ2v) is 5.66. The average molecular weight is 346 g/mol. The number of anilines is 1. The van der Waals surface area contributed by atoms with Gasteiger partial charge in [0.2, 0.25) is 0 Å². The van der Waals surface area contributed by atoms with Gasteiger partial charge in [-0.3, -0.25) is 0 Å². The van der Waals surface area contributed by atoms with E-state index in [1.54, 1.807) is 0 Å². The number of esters is 2. The minimum atomic E-state index is -1.29. The highest BCUT2D eigenvalue weighted by molar-refractivity contribution is 6.36. The number of benzene rings is 1. The monoisotopic (exact) mass is 345 g/mol. The zero-order valence-electron chi connectivity index (χ0n) is 12.0. The van der Waals surface area contributed by atoms with Crippen LogP contribution in [-0.4, -0.2) is 24.8 Å². The van der Waals surface area contributed by atoms with Crippen molar-refractivity contribution in [3.63, 3.8) is 0 Å². The molecule has 22 heavy (non-hydrogen) atoms. The normalized spacial score (nSPS) is 16.7. The van der Waals surface area contributed by atoms with E-state index in [4.69, 9.17) is 37.4 Å². The van der Waals surface area contributed by atoms with Crippen LogP contribution in [0.3, 0.4) is 0 Å². The van der Waals surface area contributed by atoms with Crippen molar-refractivity contribution in [2.24, 2.45) is 0 Å². The summed E-state index contributed by atoms with van der Waals surface area (Å²) in [5.74, 6) is -2.45. The molecule has 0 atom stereocenters. The second-order valence-electron chi connectivity index (χ2n) is 4.85. The fraction of sp³-hybridized carbons (Fsp3) is 0.286. The molecule has 0 amide bonds. The maximum atomic E-state index is 11.8. The van der Waals surface area contributed by atoms with Gasteiger partial charge in [-0.2, -0.15) is 0 Å². The first-order valence-electron chi connectivity index (χ1n) is 6.20. The third kappa shape index (κ3) is 3.45. The van der Waals surface area contributed by atoms with Gasteiger partial charge in [-0.15, -0.1) is 0 Å². The SMILES string of the molecule is COc1cc(Cl)c(NC=C2C(=O)OC(C)(C)OC2=O)cc1Cl. The summed E-state index contributed by atoms with van der Waals surface area (Å²) in [5.41, 5.74) is 0.118. The molecule has 0 radical (unpaired) electrons. The van der Waals surface area contributed by atoms with E-state index >= 15 is 0 Å². The Labute approximate surface area is 136 Å². The molecule has 0 bridgehead atoms. The second kappa shape index (κ2) is 6.06. The fourth-order valence-electron chi connectivity index (χ4n) is 1.72. The summed E-state index contributed by atoms with van der Waals surface area (Å²) in [7, 11) is 1.46. The number of carbonyl (C=O) groups excluding carboxylic acids is 2. The molecule has 1 aliphatic rings. The van der Waals surface area contributed by atoms with Gasteiger partial charge in [0.15, 0.2) is 5.57 Å². The van der Waals surface area contributed by atoms with Gasteiger partial charge in [0.05, 0.1) is 22.8 Å². The molecular formula is C14H13Cl2NO5. The molecule has 1 saturated heterocycles. The molecule has 118 valence electrons. The summed E-state index contributed by atoms with van der Waals surface area (Å²) in [6.45, 7) is 2.93. The van der Waals surface area contributed by atoms with E-state index in [0.717, 1.165) is 6.20 Å². The number of carbonyl (C=O) groups is 2. The number of hydrogen-bond donors (Lipinski definition) is 1. The number of methoxy groups -OCH3 is 1. The highest BCUT2D eigenvalue weighted by atomic mass is 35.5. The first kappa shape index (κ1) is 16.5. The van der Waals surface area contributed by atoms with Crippen LogP contribution in [0.2, 0.25) is 10.0 Å². The Morgan fingerprint density at radius 3 is 2.27 bits per heavy atom. The van der Waals surface area contributed by atoms with Crippen LogP contribution >= 0.6 is 23.2 Å². The van der Waals surface area contributed by atoms with Gasteiger partial charge in [0, 0.05) is 26.1 Å². The third-order valence-electron chi connectivity index (χ3n) is 2.73. The van der Waals surface area contributed by atoms with Gasteiger partial charge in [0.25, 0.3) is 5.79 Å². The maximum Gasteiger partial charge on any atom is 0.350 e. The molecule has 0 unspecified atom stereocenters. The molecule has 1 N–H and O–H groups in total. The van der Waals surface area contributed by atoms with E-state index in [1.807, 2.05) is 0 Å². The molecule has 1 heterocycles. The minimum Gasteiger partial charge on any atom is -0.495 e. The summed E-state index contributed by atoms with van der Waals surface area (Å²) in [6, 6.07) is 3.01. The maximum absolute atomic E-state index is 11.8. The molecule has 1 aromatic rings. The van der Waals surface area contributed by atoms with Crippen LogP contribution in [0.5, 0.6) is 5.75 Å². The van der Waals surface area contributed by atoms with Gasteiger partial charge in [-0.05, 0) is 6.07 Å². The minimum absolute atomic E-state index is 0.276. The lowest BCUT2D eigenvalue weighted by Gasteiger charge is -2.29. The van der Waals surface area contributed by atoms with E-state index in [0.29, 0.717) is 21.5 Å². The Morgan fingerprint density at radius 2 is 1.73 bits per heavy atom. The van der Waals surface area contributed by atoms with Crippen molar-refractivity contribution in [3.05, 3.63) is 34.0 Å². The average Bonchev–Trinajstić information content (AvgIpc) is 2.39. The zero-order valence-corrected chi connectivity index (χ0v) is 13.5. The molecule has 0 saturated carbocycles. The lowest BCUT2D eigenvalue weighted by molar-refractivity contribution is -0.222. The van der Waals surface area contributed by atoms with Crippen LogP contribution in [0.4, 0.5) is 5.69 Å². The number of hydrogen-bond acceptors (Lipinski definition) is 6. The molecule has 1 aromatic carbocycles. The number of halogens is 2. The molecule has 0 aliphatic carbocycles. The van der Waals surface area contributed by atoms with E-state index in [9.17, 15) is 9.59 Å². The summed E-state index contributed by atoms with van der Waals surface area (Å²) in [6.07, 6.45) is 1.16. The summed E-state index contributed by atoms with van der Waals surface area (Å²) < 4.78 is 15.0. The predicted octanol–water partition coefficient (Wildman–Crippen LogP) is 3.13. The largest absolute Gasteiger partial charge is 0.495 e. The molecular weight excluding hydrogens is 333 g/mol. The lowest BCUT2D eigenvalue weighted by Crippen LogP contribution is -2.42. The zero-order chi connectivity index (χ0) is 16.5. The molecule has 2 rings (SSSR count). The van der Waals surface area contributed by atoms with Crippen LogP contribution in [0.1, 0.15) is 13.8 Å². The van der Waals surface area contributed by atoms with E-state index in [-0.39, 0.29) is 5.57 Å². The van der Waals surface area contributed by atoms with Crippen LogP contribution < -0.4 is 10.1 Å². The molecule has 6 nitrogen and oxygen atoms in total. The number of cyclic esters (lactones) is 2. The number of nitrogens with one attached hydrogen (secondary N) is 1. The van der Waals surface area contributed by atoms with Gasteiger partial charge in [-0.25, -0.2) is 9.59 Å². The van der Waals surface area contributed by atoms with Crippen LogP contribution in [0, 0.1) is 0 Å². The van der Waals surface area contributed by atoms with E-state index in [1.165, 1.54) is 33.1 Å². The van der Waals surface area contributed by atoms with E-state index < -0.39 is 17.7 Å². The van der Waals surface area contributed by atoms with E-state index in [2.05, 4.69) is 5.32 Å². The lowest BCUT2D eigenvalue weighted by atomic mass is 10.2. The first-order chi connectivity index (χ1) is 10.2. The quantitative estimate of drug-likeness (QED) is 0.515. The topological polar surface area (TPSA) is 73.9 Å². The Balaban J connectivity index is 2.24. The number of ether oxygens (including phenoxy) is 3. The van der Waals surface area contributed by atoms with Crippen molar-refractivity contribution in [2.75, 3.05) is 12.4 Å². The van der Waals surface area contributed by atoms with Crippen LogP contribution in [-0.2, 0) is 19.1 Å². The van der Waals surface area contributed by atoms with Crippen molar-refractivity contribution < 1.29 is 23.8 Å². The number of rotatable bonds is 3. The Kier molecular flexibility index (Phi) is 4.53. The van der Waals surface area contributed by atoms with Gasteiger partial charge < -0.3 is 19.5 Å². The van der Waals surface area contributed by atoms with Crippen LogP contribution in [0.15, 0.2) is 23.9 Å². The predicted molar refractivity (Wildman–Crippen MR) is 81.0 cm³/mol. The van der Waals surface area contributed by atoms with Gasteiger partial charge in [-0.1, -0.05) is 23.2 Å². The molecule has 0 aromatic heterocycles. The highest BCUT2D eigenvalue weighted by Gasteiger charge is 2.38. The first-order valence-corrected chi connectivity index (χ1v) is 6.95. The summed E-state index contributed by atoms with van der Waals surface area (Å²) in [4.78, 5) is 23.6. The Bertz CT molecular complexity index is 647. The standard InChI is InChI=1S/C14H13Cl2NO5/c1-14(2)21-12(18)7(13(19)22-14)6-17-10-4-9(16)11(20-3)5-8(10)15/h4-6,17H,1-3H3. The molecule has 0 spiro atoms. The smallest absolute Gasteiger partial charge is 0.350 e. The summed E-state index contributed by atoms with van der Waals surface area (Å²) >= 11 is 12.0. The molecule has 1 fully saturated rings. The van der Waals surface area contributed by atoms with Crippen molar-refractivity contribution in [1.29, 1.82) is 0 Å². The van der Waals surface area contributed by atoms with Crippen molar-refractivity contribution in [2.45, 2.75) is 19.6 Å². The Morgan fingerprint density at radius 1 is 1.14 bits per heavy atom. The fourth-order valence-corrected chi connectivity index (χ4v) is 2.17. The van der Waals surface area contributed by atoms with Gasteiger partial charge in [0.1, 0.15) is 5.75 Å². The van der Waals surface area contributed by atoms with Crippen molar-refractivity contribution in [3.8, 4) is 5.75 Å². The molecule has 1 aliphatic heterocycles. The van der Waals surface area contributed by atoms with Gasteiger partial charge >= 0.3 is 11.9 Å².